The first-order valence-electron chi connectivity index (χ1n) is 7.82. The van der Waals surface area contributed by atoms with Crippen molar-refractivity contribution >= 4 is 23.5 Å². The molecule has 2 unspecified atom stereocenters. The molecule has 1 aromatic rings. The lowest BCUT2D eigenvalue weighted by molar-refractivity contribution is -0.138. The number of para-hydroxylation sites is 1. The van der Waals surface area contributed by atoms with Crippen LogP contribution in [0.15, 0.2) is 24.3 Å². The number of carboxylic acids is 1. The number of aliphatic carboxylic acids is 1. The van der Waals surface area contributed by atoms with E-state index in [9.17, 15) is 14.4 Å². The molecule has 2 N–H and O–H groups in total. The molecule has 1 aromatic carbocycles. The van der Waals surface area contributed by atoms with Gasteiger partial charge < -0.3 is 15.3 Å². The van der Waals surface area contributed by atoms with E-state index in [1.165, 1.54) is 0 Å². The first-order chi connectivity index (χ1) is 10.9. The summed E-state index contributed by atoms with van der Waals surface area (Å²) in [7, 11) is 0. The Morgan fingerprint density at radius 1 is 1.39 bits per heavy atom. The van der Waals surface area contributed by atoms with E-state index < -0.39 is 18.4 Å². The van der Waals surface area contributed by atoms with E-state index in [4.69, 9.17) is 5.11 Å². The largest absolute Gasteiger partial charge is 0.480 e. The second kappa shape index (κ2) is 7.26. The molecular weight excluding hydrogens is 296 g/mol. The number of hydrogen-bond donors (Lipinski definition) is 2. The normalized spacial score (nSPS) is 18.8. The van der Waals surface area contributed by atoms with Crippen LogP contribution in [-0.2, 0) is 14.4 Å². The molecule has 2 rings (SSSR count). The van der Waals surface area contributed by atoms with Crippen molar-refractivity contribution in [3.63, 3.8) is 0 Å². The van der Waals surface area contributed by atoms with Gasteiger partial charge in [0, 0.05) is 18.7 Å². The van der Waals surface area contributed by atoms with Gasteiger partial charge in [-0.1, -0.05) is 32.0 Å². The molecule has 0 radical (unpaired) electrons. The highest BCUT2D eigenvalue weighted by atomic mass is 16.4. The highest BCUT2D eigenvalue weighted by Gasteiger charge is 2.36. The Morgan fingerprint density at radius 2 is 2.09 bits per heavy atom. The molecular formula is C17H22N2O4. The first kappa shape index (κ1) is 17.0. The van der Waals surface area contributed by atoms with Gasteiger partial charge in [-0.05, 0) is 24.0 Å². The first-order valence-corrected chi connectivity index (χ1v) is 7.82. The van der Waals surface area contributed by atoms with Crippen LogP contribution in [0.5, 0.6) is 0 Å². The van der Waals surface area contributed by atoms with Crippen LogP contribution in [0.4, 0.5) is 5.69 Å². The zero-order valence-electron chi connectivity index (χ0n) is 13.4. The van der Waals surface area contributed by atoms with Crippen molar-refractivity contribution in [1.29, 1.82) is 0 Å². The summed E-state index contributed by atoms with van der Waals surface area (Å²) in [6, 6.07) is 7.74. The molecule has 2 amide bonds. The average Bonchev–Trinajstić information content (AvgIpc) is 2.93. The fraction of sp³-hybridized carbons (Fsp3) is 0.471. The van der Waals surface area contributed by atoms with Crippen molar-refractivity contribution in [2.24, 2.45) is 5.92 Å². The van der Waals surface area contributed by atoms with Crippen molar-refractivity contribution < 1.29 is 19.5 Å². The summed E-state index contributed by atoms with van der Waals surface area (Å²) in [6.45, 7) is 4.07. The number of rotatable bonds is 6. The quantitative estimate of drug-likeness (QED) is 0.836. The maximum Gasteiger partial charge on any atom is 0.322 e. The van der Waals surface area contributed by atoms with Crippen molar-refractivity contribution in [3.05, 3.63) is 29.8 Å². The van der Waals surface area contributed by atoms with E-state index in [1.807, 2.05) is 24.3 Å². The number of carbonyl (C=O) groups is 3. The Bertz CT molecular complexity index is 614. The zero-order chi connectivity index (χ0) is 17.0. The fourth-order valence-corrected chi connectivity index (χ4v) is 2.79. The van der Waals surface area contributed by atoms with Crippen molar-refractivity contribution in [1.82, 2.24) is 5.32 Å². The second-order valence-corrected chi connectivity index (χ2v) is 5.89. The molecule has 6 nitrogen and oxygen atoms in total. The van der Waals surface area contributed by atoms with Crippen LogP contribution in [0.3, 0.4) is 0 Å². The van der Waals surface area contributed by atoms with E-state index in [-0.39, 0.29) is 24.8 Å². The van der Waals surface area contributed by atoms with E-state index in [2.05, 4.69) is 19.2 Å². The highest BCUT2D eigenvalue weighted by Crippen LogP contribution is 2.33. The average molecular weight is 318 g/mol. The molecule has 1 heterocycles. The zero-order valence-corrected chi connectivity index (χ0v) is 13.4. The van der Waals surface area contributed by atoms with E-state index in [1.54, 1.807) is 4.90 Å². The fourth-order valence-electron chi connectivity index (χ4n) is 2.79. The second-order valence-electron chi connectivity index (χ2n) is 5.89. The van der Waals surface area contributed by atoms with Crippen LogP contribution >= 0.6 is 0 Å². The molecule has 2 atom stereocenters. The summed E-state index contributed by atoms with van der Waals surface area (Å²) in [4.78, 5) is 36.5. The van der Waals surface area contributed by atoms with E-state index in [0.717, 1.165) is 17.7 Å². The Hall–Kier alpha value is -2.37. The van der Waals surface area contributed by atoms with Gasteiger partial charge in [-0.2, -0.15) is 0 Å². The van der Waals surface area contributed by atoms with Crippen LogP contribution in [0.1, 0.15) is 38.2 Å². The molecule has 23 heavy (non-hydrogen) atoms. The minimum absolute atomic E-state index is 0.101. The standard InChI is InChI=1S/C17H22N2O4/c1-3-11(2)13-6-4-5-7-14(13)19-10-12(8-15(19)20)17(23)18-9-16(21)22/h4-7,11-12H,3,8-10H2,1-2H3,(H,18,23)(H,21,22). The molecule has 0 aromatic heterocycles. The number of hydrogen-bond acceptors (Lipinski definition) is 3. The molecule has 1 aliphatic heterocycles. The molecule has 1 saturated heterocycles. The molecule has 0 spiro atoms. The predicted molar refractivity (Wildman–Crippen MR) is 86.3 cm³/mol. The van der Waals surface area contributed by atoms with Gasteiger partial charge >= 0.3 is 5.97 Å². The molecule has 0 bridgehead atoms. The third-order valence-corrected chi connectivity index (χ3v) is 4.28. The Labute approximate surface area is 135 Å². The molecule has 0 saturated carbocycles. The van der Waals surface area contributed by atoms with Crippen molar-refractivity contribution in [3.8, 4) is 0 Å². The molecule has 6 heteroatoms. The summed E-state index contributed by atoms with van der Waals surface area (Å²) in [5.41, 5.74) is 1.94. The van der Waals surface area contributed by atoms with Gasteiger partial charge in [-0.3, -0.25) is 14.4 Å². The summed E-state index contributed by atoms with van der Waals surface area (Å²) in [5, 5.41) is 11.0. The number of nitrogens with one attached hydrogen (secondary N) is 1. The monoisotopic (exact) mass is 318 g/mol. The van der Waals surface area contributed by atoms with Crippen LogP contribution in [0.25, 0.3) is 0 Å². The minimum atomic E-state index is -1.10. The molecule has 1 aliphatic rings. The van der Waals surface area contributed by atoms with Gasteiger partial charge in [0.25, 0.3) is 0 Å². The Kier molecular flexibility index (Phi) is 5.36. The Balaban J connectivity index is 2.15. The number of nitrogens with zero attached hydrogens (tertiary/aromatic N) is 1. The lowest BCUT2D eigenvalue weighted by Gasteiger charge is -2.23. The summed E-state index contributed by atoms with van der Waals surface area (Å²) in [5.74, 6) is -1.77. The van der Waals surface area contributed by atoms with Gasteiger partial charge in [0.1, 0.15) is 6.54 Å². The maximum absolute atomic E-state index is 12.3. The van der Waals surface area contributed by atoms with Gasteiger partial charge in [-0.25, -0.2) is 0 Å². The van der Waals surface area contributed by atoms with Crippen LogP contribution in [0.2, 0.25) is 0 Å². The molecule has 124 valence electrons. The minimum Gasteiger partial charge on any atom is -0.480 e. The van der Waals surface area contributed by atoms with Gasteiger partial charge in [0.2, 0.25) is 11.8 Å². The Morgan fingerprint density at radius 3 is 2.74 bits per heavy atom. The predicted octanol–water partition coefficient (Wildman–Crippen LogP) is 1.75. The molecule has 1 fully saturated rings. The van der Waals surface area contributed by atoms with Gasteiger partial charge in [0.15, 0.2) is 0 Å². The third-order valence-electron chi connectivity index (χ3n) is 4.28. The third kappa shape index (κ3) is 3.88. The summed E-state index contributed by atoms with van der Waals surface area (Å²) >= 11 is 0. The summed E-state index contributed by atoms with van der Waals surface area (Å²) in [6.07, 6.45) is 1.07. The number of anilines is 1. The molecule has 0 aliphatic carbocycles. The van der Waals surface area contributed by atoms with Gasteiger partial charge in [-0.15, -0.1) is 0 Å². The van der Waals surface area contributed by atoms with Crippen molar-refractivity contribution in [2.75, 3.05) is 18.0 Å². The lowest BCUT2D eigenvalue weighted by atomic mass is 9.96. The van der Waals surface area contributed by atoms with Crippen LogP contribution in [-0.4, -0.2) is 36.0 Å². The topological polar surface area (TPSA) is 86.7 Å². The van der Waals surface area contributed by atoms with Crippen molar-refractivity contribution in [2.45, 2.75) is 32.6 Å². The smallest absolute Gasteiger partial charge is 0.322 e. The van der Waals surface area contributed by atoms with Crippen LogP contribution in [0, 0.1) is 5.92 Å². The maximum atomic E-state index is 12.3. The SMILES string of the molecule is CCC(C)c1ccccc1N1CC(C(=O)NCC(=O)O)CC1=O. The number of carbonyl (C=O) groups excluding carboxylic acids is 2. The van der Waals surface area contributed by atoms with Crippen LogP contribution < -0.4 is 10.2 Å². The number of amides is 2. The van der Waals surface area contributed by atoms with Gasteiger partial charge in [0.05, 0.1) is 5.92 Å². The number of benzene rings is 1. The van der Waals surface area contributed by atoms with E-state index in [0.29, 0.717) is 5.92 Å². The highest BCUT2D eigenvalue weighted by molar-refractivity contribution is 6.01. The number of carboxylic acid groups (broad SMARTS) is 1. The van der Waals surface area contributed by atoms with E-state index >= 15 is 0 Å². The lowest BCUT2D eigenvalue weighted by Crippen LogP contribution is -2.36. The summed E-state index contributed by atoms with van der Waals surface area (Å²) < 4.78 is 0.